The second-order valence-electron chi connectivity index (χ2n) is 2.62. The normalized spacial score (nSPS) is 9.85. The second-order valence-corrected chi connectivity index (χ2v) is 2.62. The molecule has 1 aromatic carbocycles. The molecule has 0 amide bonds. The lowest BCUT2D eigenvalue weighted by molar-refractivity contribution is 1.44. The number of nitrogens with zero attached hydrogens (tertiary/aromatic N) is 3. The maximum Gasteiger partial charge on any atom is 0.111 e. The molecule has 0 bridgehead atoms. The zero-order valence-electron chi connectivity index (χ0n) is 6.73. The third kappa shape index (κ3) is 1.07. The lowest BCUT2D eigenvalue weighted by Crippen LogP contribution is -1.81. The van der Waals surface area contributed by atoms with Crippen molar-refractivity contribution in [2.45, 2.75) is 0 Å². The Morgan fingerprint density at radius 2 is 2.15 bits per heavy atom. The van der Waals surface area contributed by atoms with Crippen LogP contribution in [-0.4, -0.2) is 4.98 Å². The molecule has 0 aliphatic heterocycles. The van der Waals surface area contributed by atoms with Crippen LogP contribution in [0.25, 0.3) is 21.3 Å². The average molecular weight is 173 g/mol. The smallest absolute Gasteiger partial charge is 0.111 e. The summed E-state index contributed by atoms with van der Waals surface area (Å²) in [5.74, 6) is 0.402. The number of nitrogen functional groups attached to an aromatic ring is 1. The van der Waals surface area contributed by atoms with Gasteiger partial charge < -0.3 is 10.7 Å². The van der Waals surface area contributed by atoms with Crippen LogP contribution in [0.1, 0.15) is 0 Å². The number of nitrogens with two attached hydrogens (primary N) is 1. The van der Waals surface area contributed by atoms with Gasteiger partial charge in [0, 0.05) is 15.8 Å². The SMILES string of the molecule is [N-]=[N+]=Nc1c(N)[nH]c2ccccc12. The van der Waals surface area contributed by atoms with Gasteiger partial charge in [0.15, 0.2) is 0 Å². The van der Waals surface area contributed by atoms with Crippen LogP contribution in [0.4, 0.5) is 11.5 Å². The van der Waals surface area contributed by atoms with Gasteiger partial charge >= 0.3 is 0 Å². The van der Waals surface area contributed by atoms with Gasteiger partial charge in [-0.1, -0.05) is 23.3 Å². The minimum absolute atomic E-state index is 0.402. The topological polar surface area (TPSA) is 90.6 Å². The summed E-state index contributed by atoms with van der Waals surface area (Å²) in [5, 5.41) is 4.36. The van der Waals surface area contributed by atoms with Crippen molar-refractivity contribution in [1.82, 2.24) is 4.98 Å². The molecule has 1 aromatic heterocycles. The number of benzene rings is 1. The standard InChI is InChI=1S/C8H7N5/c9-8-7(12-13-10)5-3-1-2-4-6(5)11-8/h1-4,11H,9H2. The third-order valence-corrected chi connectivity index (χ3v) is 1.85. The first-order valence-corrected chi connectivity index (χ1v) is 3.74. The first-order chi connectivity index (χ1) is 6.33. The van der Waals surface area contributed by atoms with Crippen molar-refractivity contribution in [3.05, 3.63) is 34.7 Å². The Morgan fingerprint density at radius 1 is 1.38 bits per heavy atom. The first kappa shape index (κ1) is 7.52. The molecule has 0 atom stereocenters. The van der Waals surface area contributed by atoms with Crippen LogP contribution < -0.4 is 5.73 Å². The number of hydrogen-bond acceptors (Lipinski definition) is 2. The van der Waals surface area contributed by atoms with Gasteiger partial charge in [-0.3, -0.25) is 0 Å². The highest BCUT2D eigenvalue weighted by atomic mass is 15.1. The number of H-pyrrole nitrogens is 1. The Kier molecular flexibility index (Phi) is 1.58. The molecule has 0 saturated carbocycles. The number of nitrogens with one attached hydrogen (secondary N) is 1. The Labute approximate surface area is 73.8 Å². The second kappa shape index (κ2) is 2.73. The van der Waals surface area contributed by atoms with Crippen molar-refractivity contribution in [3.63, 3.8) is 0 Å². The number of hydrogen-bond donors (Lipinski definition) is 2. The summed E-state index contributed by atoms with van der Waals surface area (Å²) < 4.78 is 0. The van der Waals surface area contributed by atoms with E-state index in [4.69, 9.17) is 11.3 Å². The molecule has 3 N–H and O–H groups in total. The summed E-state index contributed by atoms with van der Waals surface area (Å²) in [6.45, 7) is 0. The van der Waals surface area contributed by atoms with E-state index in [2.05, 4.69) is 15.0 Å². The van der Waals surface area contributed by atoms with Crippen LogP contribution in [0.5, 0.6) is 0 Å². The quantitative estimate of drug-likeness (QED) is 0.387. The van der Waals surface area contributed by atoms with Gasteiger partial charge in [0.25, 0.3) is 0 Å². The minimum Gasteiger partial charge on any atom is -0.385 e. The van der Waals surface area contributed by atoms with Gasteiger partial charge in [0.05, 0.1) is 5.69 Å². The van der Waals surface area contributed by atoms with Gasteiger partial charge in [-0.2, -0.15) is 0 Å². The number of anilines is 1. The van der Waals surface area contributed by atoms with E-state index < -0.39 is 0 Å². The molecule has 2 aromatic rings. The molecule has 1 heterocycles. The Morgan fingerprint density at radius 3 is 2.92 bits per heavy atom. The fraction of sp³-hybridized carbons (Fsp3) is 0. The van der Waals surface area contributed by atoms with E-state index in [1.807, 2.05) is 24.3 Å². The Bertz CT molecular complexity index is 492. The number of para-hydroxylation sites is 1. The molecule has 0 spiro atoms. The van der Waals surface area contributed by atoms with Gasteiger partial charge in [-0.05, 0) is 11.6 Å². The predicted molar refractivity (Wildman–Crippen MR) is 51.5 cm³/mol. The minimum atomic E-state index is 0.402. The van der Waals surface area contributed by atoms with E-state index in [-0.39, 0.29) is 0 Å². The molecule has 0 radical (unpaired) electrons. The zero-order chi connectivity index (χ0) is 9.26. The highest BCUT2D eigenvalue weighted by molar-refractivity contribution is 5.97. The summed E-state index contributed by atoms with van der Waals surface area (Å²) in [5.41, 5.74) is 15.3. The maximum absolute atomic E-state index is 8.31. The van der Waals surface area contributed by atoms with Crippen molar-refractivity contribution in [2.24, 2.45) is 5.11 Å². The van der Waals surface area contributed by atoms with E-state index in [1.54, 1.807) is 0 Å². The van der Waals surface area contributed by atoms with Crippen molar-refractivity contribution < 1.29 is 0 Å². The summed E-state index contributed by atoms with van der Waals surface area (Å²) in [7, 11) is 0. The fourth-order valence-corrected chi connectivity index (χ4v) is 1.30. The molecule has 0 saturated heterocycles. The fourth-order valence-electron chi connectivity index (χ4n) is 1.30. The summed E-state index contributed by atoms with van der Waals surface area (Å²) >= 11 is 0. The van der Waals surface area contributed by atoms with Crippen LogP contribution in [0, 0.1) is 0 Å². The van der Waals surface area contributed by atoms with Crippen molar-refractivity contribution in [3.8, 4) is 0 Å². The van der Waals surface area contributed by atoms with Crippen LogP contribution in [-0.2, 0) is 0 Å². The van der Waals surface area contributed by atoms with E-state index >= 15 is 0 Å². The summed E-state index contributed by atoms with van der Waals surface area (Å²) in [6.07, 6.45) is 0. The lowest BCUT2D eigenvalue weighted by Gasteiger charge is -1.88. The molecule has 5 nitrogen and oxygen atoms in total. The molecule has 0 aliphatic rings. The Hall–Kier alpha value is -2.13. The van der Waals surface area contributed by atoms with Crippen molar-refractivity contribution in [1.29, 1.82) is 0 Å². The van der Waals surface area contributed by atoms with E-state index in [0.29, 0.717) is 11.5 Å². The molecule has 2 rings (SSSR count). The Balaban J connectivity index is 2.85. The van der Waals surface area contributed by atoms with Crippen LogP contribution in [0.3, 0.4) is 0 Å². The van der Waals surface area contributed by atoms with Gasteiger partial charge in [0.2, 0.25) is 0 Å². The largest absolute Gasteiger partial charge is 0.385 e. The monoisotopic (exact) mass is 173 g/mol. The summed E-state index contributed by atoms with van der Waals surface area (Å²) in [6, 6.07) is 7.48. The number of azide groups is 1. The molecule has 0 aliphatic carbocycles. The van der Waals surface area contributed by atoms with Gasteiger partial charge in [0.1, 0.15) is 5.82 Å². The maximum atomic E-state index is 8.31. The van der Waals surface area contributed by atoms with Gasteiger partial charge in [-0.15, -0.1) is 0 Å². The van der Waals surface area contributed by atoms with E-state index in [9.17, 15) is 0 Å². The number of aromatic amines is 1. The predicted octanol–water partition coefficient (Wildman–Crippen LogP) is 2.69. The highest BCUT2D eigenvalue weighted by Gasteiger charge is 2.05. The molecule has 5 heteroatoms. The summed E-state index contributed by atoms with van der Waals surface area (Å²) in [4.78, 5) is 5.64. The molecular weight excluding hydrogens is 166 g/mol. The number of fused-ring (bicyclic) bond motifs is 1. The van der Waals surface area contributed by atoms with Crippen LogP contribution in [0.2, 0.25) is 0 Å². The highest BCUT2D eigenvalue weighted by Crippen LogP contribution is 2.31. The van der Waals surface area contributed by atoms with Crippen LogP contribution >= 0.6 is 0 Å². The van der Waals surface area contributed by atoms with E-state index in [1.165, 1.54) is 0 Å². The van der Waals surface area contributed by atoms with E-state index in [0.717, 1.165) is 10.9 Å². The van der Waals surface area contributed by atoms with Crippen molar-refractivity contribution in [2.75, 3.05) is 5.73 Å². The van der Waals surface area contributed by atoms with Crippen LogP contribution in [0.15, 0.2) is 29.4 Å². The number of aromatic nitrogens is 1. The molecule has 13 heavy (non-hydrogen) atoms. The molecular formula is C8H7N5. The molecule has 0 fully saturated rings. The van der Waals surface area contributed by atoms with Crippen molar-refractivity contribution >= 4 is 22.4 Å². The third-order valence-electron chi connectivity index (χ3n) is 1.85. The molecule has 64 valence electrons. The zero-order valence-corrected chi connectivity index (χ0v) is 6.73. The first-order valence-electron chi connectivity index (χ1n) is 3.74. The average Bonchev–Trinajstić information content (AvgIpc) is 2.44. The molecule has 0 unspecified atom stereocenters. The van der Waals surface area contributed by atoms with Gasteiger partial charge in [-0.25, -0.2) is 0 Å². The lowest BCUT2D eigenvalue weighted by atomic mass is 10.2. The number of rotatable bonds is 1.